The van der Waals surface area contributed by atoms with Crippen LogP contribution in [0, 0.1) is 19.8 Å². The summed E-state index contributed by atoms with van der Waals surface area (Å²) in [5, 5.41) is 6.89. The first-order valence-electron chi connectivity index (χ1n) is 11.9. The van der Waals surface area contributed by atoms with Gasteiger partial charge < -0.3 is 19.8 Å². The molecule has 1 aromatic rings. The Morgan fingerprint density at radius 3 is 2.47 bits per heavy atom. The molecule has 1 aromatic heterocycles. The number of guanidine groups is 1. The summed E-state index contributed by atoms with van der Waals surface area (Å²) in [6.07, 6.45) is 10.6. The van der Waals surface area contributed by atoms with E-state index in [-0.39, 0.29) is 0 Å². The molecule has 7 nitrogen and oxygen atoms in total. The Labute approximate surface area is 182 Å². The van der Waals surface area contributed by atoms with E-state index in [1.54, 1.807) is 0 Å². The second kappa shape index (κ2) is 12.3. The summed E-state index contributed by atoms with van der Waals surface area (Å²) in [5.74, 6) is 3.34. The van der Waals surface area contributed by atoms with E-state index in [0.717, 1.165) is 62.6 Å². The van der Waals surface area contributed by atoms with Crippen LogP contribution in [0.1, 0.15) is 68.7 Å². The van der Waals surface area contributed by atoms with Crippen molar-refractivity contribution in [1.29, 1.82) is 0 Å². The molecule has 1 aliphatic heterocycles. The van der Waals surface area contributed by atoms with E-state index in [9.17, 15) is 0 Å². The number of nitrogens with one attached hydrogen (secondary N) is 2. The molecule has 2 N–H and O–H groups in total. The minimum absolute atomic E-state index is 0.457. The average molecular weight is 420 g/mol. The van der Waals surface area contributed by atoms with Crippen LogP contribution in [0.25, 0.3) is 0 Å². The van der Waals surface area contributed by atoms with E-state index in [1.807, 2.05) is 20.9 Å². The van der Waals surface area contributed by atoms with Gasteiger partial charge in [0.15, 0.2) is 5.96 Å². The van der Waals surface area contributed by atoms with Crippen LogP contribution in [0.3, 0.4) is 0 Å². The highest BCUT2D eigenvalue weighted by molar-refractivity contribution is 5.79. The Morgan fingerprint density at radius 2 is 1.83 bits per heavy atom. The van der Waals surface area contributed by atoms with Crippen LogP contribution in [-0.2, 0) is 11.3 Å². The zero-order chi connectivity index (χ0) is 21.2. The monoisotopic (exact) mass is 419 g/mol. The summed E-state index contributed by atoms with van der Waals surface area (Å²) < 4.78 is 11.8. The number of hydrogen-bond acceptors (Lipinski definition) is 5. The molecule has 30 heavy (non-hydrogen) atoms. The quantitative estimate of drug-likeness (QED) is 0.291. The summed E-state index contributed by atoms with van der Waals surface area (Å²) in [5.41, 5.74) is 1.00. The zero-order valence-electron chi connectivity index (χ0n) is 19.2. The van der Waals surface area contributed by atoms with E-state index in [2.05, 4.69) is 25.5 Å². The molecule has 2 heterocycles. The molecule has 0 aromatic carbocycles. The fraction of sp³-hybridized carbons (Fsp3) is 0.826. The highest BCUT2D eigenvalue weighted by Gasteiger charge is 2.21. The van der Waals surface area contributed by atoms with Gasteiger partial charge in [-0.25, -0.2) is 4.98 Å². The summed E-state index contributed by atoms with van der Waals surface area (Å²) in [6.45, 7) is 9.51. The number of likely N-dealkylation sites (tertiary alicyclic amines) is 1. The van der Waals surface area contributed by atoms with Crippen molar-refractivity contribution in [3.8, 4) is 0 Å². The van der Waals surface area contributed by atoms with Crippen LogP contribution in [0.4, 0.5) is 0 Å². The molecule has 2 fully saturated rings. The second-order valence-corrected chi connectivity index (χ2v) is 8.83. The number of hydrogen-bond donors (Lipinski definition) is 2. The number of nitrogens with zero attached hydrogens (tertiary/aromatic N) is 3. The van der Waals surface area contributed by atoms with Gasteiger partial charge in [-0.2, -0.15) is 0 Å². The zero-order valence-corrected chi connectivity index (χ0v) is 19.2. The first kappa shape index (κ1) is 23.1. The van der Waals surface area contributed by atoms with Crippen molar-refractivity contribution in [2.24, 2.45) is 10.9 Å². The van der Waals surface area contributed by atoms with Gasteiger partial charge in [-0.15, -0.1) is 0 Å². The van der Waals surface area contributed by atoms with Crippen molar-refractivity contribution in [2.45, 2.75) is 77.9 Å². The Balaban J connectivity index is 1.27. The Kier molecular flexibility index (Phi) is 9.46. The molecular formula is C23H41N5O2. The third-order valence-electron chi connectivity index (χ3n) is 6.47. The van der Waals surface area contributed by atoms with Crippen molar-refractivity contribution in [2.75, 3.05) is 39.8 Å². The number of aromatic nitrogens is 1. The summed E-state index contributed by atoms with van der Waals surface area (Å²) in [4.78, 5) is 11.3. The van der Waals surface area contributed by atoms with Crippen LogP contribution in [0.15, 0.2) is 9.41 Å². The molecule has 1 saturated carbocycles. The lowest BCUT2D eigenvalue weighted by molar-refractivity contribution is 0.0468. The Morgan fingerprint density at radius 1 is 1.10 bits per heavy atom. The highest BCUT2D eigenvalue weighted by Crippen LogP contribution is 2.20. The van der Waals surface area contributed by atoms with E-state index in [0.29, 0.717) is 12.0 Å². The topological polar surface area (TPSA) is 74.9 Å². The van der Waals surface area contributed by atoms with Crippen LogP contribution in [-0.4, -0.2) is 61.8 Å². The standard InChI is InChI=1S/C23H41N5O2/c1-18-19(2)30-22(27-18)17-28-13-10-20(11-14-28)16-26-23(24-3)25-12-15-29-21-8-6-4-5-7-9-21/h20-21H,4-17H2,1-3H3,(H2,24,25,26). The third-order valence-corrected chi connectivity index (χ3v) is 6.47. The van der Waals surface area contributed by atoms with Gasteiger partial charge in [0.05, 0.1) is 24.9 Å². The van der Waals surface area contributed by atoms with Gasteiger partial charge in [-0.05, 0) is 58.5 Å². The summed E-state index contributed by atoms with van der Waals surface area (Å²) in [7, 11) is 1.84. The van der Waals surface area contributed by atoms with Crippen LogP contribution < -0.4 is 10.6 Å². The SMILES string of the molecule is CN=C(NCCOC1CCCCCC1)NCC1CCN(Cc2nc(C)c(C)o2)CC1. The number of piperidine rings is 1. The molecule has 0 atom stereocenters. The van der Waals surface area contributed by atoms with E-state index in [1.165, 1.54) is 51.4 Å². The maximum absolute atomic E-state index is 6.06. The summed E-state index contributed by atoms with van der Waals surface area (Å²) >= 11 is 0. The molecule has 0 bridgehead atoms. The number of ether oxygens (including phenoxy) is 1. The van der Waals surface area contributed by atoms with Gasteiger partial charge in [0.2, 0.25) is 5.89 Å². The molecule has 2 aliphatic rings. The number of oxazole rings is 1. The van der Waals surface area contributed by atoms with Crippen molar-refractivity contribution in [1.82, 2.24) is 20.5 Å². The normalized spacial score (nSPS) is 20.3. The van der Waals surface area contributed by atoms with Crippen LogP contribution in [0.5, 0.6) is 0 Å². The van der Waals surface area contributed by atoms with Gasteiger partial charge in [0.25, 0.3) is 0 Å². The lowest BCUT2D eigenvalue weighted by Gasteiger charge is -2.31. The van der Waals surface area contributed by atoms with Crippen LogP contribution >= 0.6 is 0 Å². The minimum atomic E-state index is 0.457. The van der Waals surface area contributed by atoms with Gasteiger partial charge in [0.1, 0.15) is 5.76 Å². The molecule has 0 unspecified atom stereocenters. The fourth-order valence-corrected chi connectivity index (χ4v) is 4.41. The fourth-order valence-electron chi connectivity index (χ4n) is 4.41. The van der Waals surface area contributed by atoms with E-state index in [4.69, 9.17) is 9.15 Å². The third kappa shape index (κ3) is 7.58. The maximum atomic E-state index is 6.06. The lowest BCUT2D eigenvalue weighted by atomic mass is 9.97. The van der Waals surface area contributed by atoms with Gasteiger partial charge in [-0.3, -0.25) is 9.89 Å². The molecule has 1 saturated heterocycles. The minimum Gasteiger partial charge on any atom is -0.444 e. The van der Waals surface area contributed by atoms with Crippen molar-refractivity contribution >= 4 is 5.96 Å². The van der Waals surface area contributed by atoms with E-state index >= 15 is 0 Å². The number of aliphatic imine (C=N–C) groups is 1. The average Bonchev–Trinajstić information content (AvgIpc) is 2.93. The molecule has 0 radical (unpaired) electrons. The molecule has 1 aliphatic carbocycles. The predicted molar refractivity (Wildman–Crippen MR) is 121 cm³/mol. The lowest BCUT2D eigenvalue weighted by Crippen LogP contribution is -2.43. The summed E-state index contributed by atoms with van der Waals surface area (Å²) in [6, 6.07) is 0. The van der Waals surface area contributed by atoms with E-state index < -0.39 is 0 Å². The first-order valence-corrected chi connectivity index (χ1v) is 11.9. The van der Waals surface area contributed by atoms with Crippen LogP contribution in [0.2, 0.25) is 0 Å². The Hall–Kier alpha value is -1.60. The Bertz CT molecular complexity index is 625. The van der Waals surface area contributed by atoms with Gasteiger partial charge >= 0.3 is 0 Å². The maximum Gasteiger partial charge on any atom is 0.208 e. The number of rotatable bonds is 8. The molecule has 7 heteroatoms. The number of aryl methyl sites for hydroxylation is 2. The van der Waals surface area contributed by atoms with Gasteiger partial charge in [0, 0.05) is 20.1 Å². The van der Waals surface area contributed by atoms with Crippen molar-refractivity contribution in [3.63, 3.8) is 0 Å². The van der Waals surface area contributed by atoms with Gasteiger partial charge in [-0.1, -0.05) is 25.7 Å². The first-order chi connectivity index (χ1) is 14.6. The molecule has 0 amide bonds. The molecule has 3 rings (SSSR count). The second-order valence-electron chi connectivity index (χ2n) is 8.83. The highest BCUT2D eigenvalue weighted by atomic mass is 16.5. The smallest absolute Gasteiger partial charge is 0.208 e. The van der Waals surface area contributed by atoms with Crippen molar-refractivity contribution in [3.05, 3.63) is 17.3 Å². The molecule has 0 spiro atoms. The molecule has 170 valence electrons. The largest absolute Gasteiger partial charge is 0.444 e. The molecular weight excluding hydrogens is 378 g/mol. The predicted octanol–water partition coefficient (Wildman–Crippen LogP) is 3.41. The van der Waals surface area contributed by atoms with Crippen molar-refractivity contribution < 1.29 is 9.15 Å².